The van der Waals surface area contributed by atoms with E-state index in [9.17, 15) is 5.11 Å². The molecule has 1 aliphatic carbocycles. The molecule has 0 spiro atoms. The average molecular weight is 316 g/mol. The standard InChI is InChI=1S/C16H24N6O/c1-3-16(23)6-4-5-10-8-22(9-12(10)16)15-19-13(17)11-7-18-21(2)14(11)20-15/h7,10,12,23H,3-6,8-9H2,1-2H3,(H2,17,19,20)/t10-,12+,16-/m1/s1. The zero-order valence-corrected chi connectivity index (χ0v) is 13.7. The van der Waals surface area contributed by atoms with Crippen LogP contribution in [0.2, 0.25) is 0 Å². The van der Waals surface area contributed by atoms with Gasteiger partial charge in [-0.3, -0.25) is 4.68 Å². The fourth-order valence-electron chi connectivity index (χ4n) is 4.40. The van der Waals surface area contributed by atoms with Crippen molar-refractivity contribution in [2.75, 3.05) is 23.7 Å². The normalized spacial score (nSPS) is 30.8. The van der Waals surface area contributed by atoms with Crippen LogP contribution >= 0.6 is 0 Å². The lowest BCUT2D eigenvalue weighted by atomic mass is 9.69. The van der Waals surface area contributed by atoms with Gasteiger partial charge in [0.2, 0.25) is 5.95 Å². The first kappa shape index (κ1) is 14.7. The molecule has 2 fully saturated rings. The third-order valence-corrected chi connectivity index (χ3v) is 5.82. The van der Waals surface area contributed by atoms with Gasteiger partial charge in [0.25, 0.3) is 0 Å². The van der Waals surface area contributed by atoms with Crippen LogP contribution in [0.25, 0.3) is 11.0 Å². The highest BCUT2D eigenvalue weighted by Crippen LogP contribution is 2.45. The monoisotopic (exact) mass is 316 g/mol. The smallest absolute Gasteiger partial charge is 0.229 e. The van der Waals surface area contributed by atoms with Crippen LogP contribution in [0.3, 0.4) is 0 Å². The van der Waals surface area contributed by atoms with E-state index in [4.69, 9.17) is 5.73 Å². The molecule has 4 rings (SSSR count). The molecule has 7 nitrogen and oxygen atoms in total. The quantitative estimate of drug-likeness (QED) is 0.868. The van der Waals surface area contributed by atoms with Gasteiger partial charge >= 0.3 is 0 Å². The molecule has 3 N–H and O–H groups in total. The van der Waals surface area contributed by atoms with Crippen molar-refractivity contribution in [1.82, 2.24) is 19.7 Å². The van der Waals surface area contributed by atoms with Crippen molar-refractivity contribution in [2.24, 2.45) is 18.9 Å². The largest absolute Gasteiger partial charge is 0.390 e. The van der Waals surface area contributed by atoms with Crippen molar-refractivity contribution in [3.63, 3.8) is 0 Å². The summed E-state index contributed by atoms with van der Waals surface area (Å²) in [5.41, 5.74) is 6.30. The molecule has 2 aromatic heterocycles. The Labute approximate surface area is 135 Å². The summed E-state index contributed by atoms with van der Waals surface area (Å²) in [5.74, 6) is 1.94. The van der Waals surface area contributed by atoms with E-state index in [2.05, 4.69) is 26.9 Å². The number of fused-ring (bicyclic) bond motifs is 2. The lowest BCUT2D eigenvalue weighted by Gasteiger charge is -2.40. The molecule has 3 atom stereocenters. The topological polar surface area (TPSA) is 93.1 Å². The maximum absolute atomic E-state index is 10.9. The molecule has 1 saturated carbocycles. The lowest BCUT2D eigenvalue weighted by Crippen LogP contribution is -2.44. The number of aryl methyl sites for hydroxylation is 1. The van der Waals surface area contributed by atoms with E-state index < -0.39 is 5.60 Å². The molecule has 0 unspecified atom stereocenters. The van der Waals surface area contributed by atoms with Gasteiger partial charge in [-0.05, 0) is 25.2 Å². The fourth-order valence-corrected chi connectivity index (χ4v) is 4.40. The summed E-state index contributed by atoms with van der Waals surface area (Å²) >= 11 is 0. The van der Waals surface area contributed by atoms with Gasteiger partial charge in [-0.1, -0.05) is 13.3 Å². The Morgan fingerprint density at radius 1 is 1.39 bits per heavy atom. The van der Waals surface area contributed by atoms with E-state index in [1.54, 1.807) is 10.9 Å². The summed E-state index contributed by atoms with van der Waals surface area (Å²) in [7, 11) is 1.86. The summed E-state index contributed by atoms with van der Waals surface area (Å²) < 4.78 is 1.72. The summed E-state index contributed by atoms with van der Waals surface area (Å²) in [6, 6.07) is 0. The summed E-state index contributed by atoms with van der Waals surface area (Å²) in [5, 5.41) is 15.9. The number of aromatic nitrogens is 4. The van der Waals surface area contributed by atoms with Gasteiger partial charge < -0.3 is 15.7 Å². The highest BCUT2D eigenvalue weighted by atomic mass is 16.3. The molecule has 7 heteroatoms. The zero-order valence-electron chi connectivity index (χ0n) is 13.7. The molecule has 0 aromatic carbocycles. The van der Waals surface area contributed by atoms with Crippen molar-refractivity contribution < 1.29 is 5.11 Å². The minimum atomic E-state index is -0.542. The average Bonchev–Trinajstić information content (AvgIpc) is 3.13. The maximum Gasteiger partial charge on any atom is 0.229 e. The van der Waals surface area contributed by atoms with Crippen LogP contribution in [-0.2, 0) is 7.05 Å². The van der Waals surface area contributed by atoms with Gasteiger partial charge in [0.1, 0.15) is 5.82 Å². The number of nitrogens with zero attached hydrogens (tertiary/aromatic N) is 5. The van der Waals surface area contributed by atoms with Crippen LogP contribution < -0.4 is 10.6 Å². The van der Waals surface area contributed by atoms with Gasteiger partial charge in [-0.15, -0.1) is 0 Å². The van der Waals surface area contributed by atoms with Gasteiger partial charge in [0.15, 0.2) is 5.65 Å². The van der Waals surface area contributed by atoms with E-state index in [1.165, 1.54) is 6.42 Å². The Bertz CT molecular complexity index is 743. The first-order valence-electron chi connectivity index (χ1n) is 8.44. The molecule has 2 aliphatic rings. The number of rotatable bonds is 2. The SMILES string of the molecule is CC[C@@]1(O)CCC[C@@H]2CN(c3nc(N)c4cnn(C)c4n3)C[C@@H]21. The second kappa shape index (κ2) is 5.06. The summed E-state index contributed by atoms with van der Waals surface area (Å²) in [6.07, 6.45) is 5.69. The minimum absolute atomic E-state index is 0.299. The minimum Gasteiger partial charge on any atom is -0.390 e. The molecule has 3 heterocycles. The van der Waals surface area contributed by atoms with Crippen molar-refractivity contribution in [2.45, 2.75) is 38.2 Å². The Kier molecular flexibility index (Phi) is 3.23. The second-order valence-corrected chi connectivity index (χ2v) is 7.04. The van der Waals surface area contributed by atoms with E-state index in [0.29, 0.717) is 23.6 Å². The van der Waals surface area contributed by atoms with Crippen molar-refractivity contribution in [3.05, 3.63) is 6.20 Å². The second-order valence-electron chi connectivity index (χ2n) is 7.04. The van der Waals surface area contributed by atoms with E-state index >= 15 is 0 Å². The molecule has 124 valence electrons. The molecular formula is C16H24N6O. The first-order valence-corrected chi connectivity index (χ1v) is 8.44. The third-order valence-electron chi connectivity index (χ3n) is 5.82. The predicted molar refractivity (Wildman–Crippen MR) is 89.0 cm³/mol. The first-order chi connectivity index (χ1) is 11.0. The number of nitrogens with two attached hydrogens (primary N) is 1. The number of nitrogen functional groups attached to an aromatic ring is 1. The van der Waals surface area contributed by atoms with Crippen LogP contribution in [0.1, 0.15) is 32.6 Å². The maximum atomic E-state index is 10.9. The van der Waals surface area contributed by atoms with Crippen molar-refractivity contribution in [1.29, 1.82) is 0 Å². The Hall–Kier alpha value is -1.89. The Morgan fingerprint density at radius 3 is 3.00 bits per heavy atom. The number of hydrogen-bond donors (Lipinski definition) is 2. The lowest BCUT2D eigenvalue weighted by molar-refractivity contribution is -0.0597. The predicted octanol–water partition coefficient (Wildman–Crippen LogP) is 1.32. The Balaban J connectivity index is 1.68. The van der Waals surface area contributed by atoms with Crippen molar-refractivity contribution in [3.8, 4) is 0 Å². The highest BCUT2D eigenvalue weighted by Gasteiger charge is 2.48. The van der Waals surface area contributed by atoms with Gasteiger partial charge in [0.05, 0.1) is 17.2 Å². The van der Waals surface area contributed by atoms with Crippen LogP contribution in [0.15, 0.2) is 6.20 Å². The van der Waals surface area contributed by atoms with E-state index in [1.807, 2.05) is 7.05 Å². The third kappa shape index (κ3) is 2.17. The van der Waals surface area contributed by atoms with Crippen LogP contribution in [-0.4, -0.2) is 43.5 Å². The molecule has 0 amide bonds. The van der Waals surface area contributed by atoms with Gasteiger partial charge in [0, 0.05) is 26.1 Å². The van der Waals surface area contributed by atoms with Crippen LogP contribution in [0.4, 0.5) is 11.8 Å². The molecule has 1 saturated heterocycles. The van der Waals surface area contributed by atoms with Crippen molar-refractivity contribution >= 4 is 22.8 Å². The van der Waals surface area contributed by atoms with Crippen LogP contribution in [0, 0.1) is 11.8 Å². The molecular weight excluding hydrogens is 292 g/mol. The molecule has 1 aliphatic heterocycles. The number of anilines is 2. The van der Waals surface area contributed by atoms with Gasteiger partial charge in [-0.25, -0.2) is 0 Å². The van der Waals surface area contributed by atoms with Crippen LogP contribution in [0.5, 0.6) is 0 Å². The van der Waals surface area contributed by atoms with Gasteiger partial charge in [-0.2, -0.15) is 15.1 Å². The zero-order chi connectivity index (χ0) is 16.2. The summed E-state index contributed by atoms with van der Waals surface area (Å²) in [4.78, 5) is 11.3. The number of aliphatic hydroxyl groups is 1. The van der Waals surface area contributed by atoms with E-state index in [-0.39, 0.29) is 0 Å². The Morgan fingerprint density at radius 2 is 2.22 bits per heavy atom. The van der Waals surface area contributed by atoms with E-state index in [0.717, 1.165) is 43.4 Å². The molecule has 0 bridgehead atoms. The fraction of sp³-hybridized carbons (Fsp3) is 0.688. The summed E-state index contributed by atoms with van der Waals surface area (Å²) in [6.45, 7) is 3.79. The number of hydrogen-bond acceptors (Lipinski definition) is 6. The molecule has 23 heavy (non-hydrogen) atoms. The highest BCUT2D eigenvalue weighted by molar-refractivity contribution is 5.86. The molecule has 0 radical (unpaired) electrons. The molecule has 2 aromatic rings.